The first kappa shape index (κ1) is 13.8. The summed E-state index contributed by atoms with van der Waals surface area (Å²) >= 11 is 3.47. The van der Waals surface area contributed by atoms with Crippen LogP contribution >= 0.6 is 15.9 Å². The molecule has 1 saturated heterocycles. The van der Waals surface area contributed by atoms with Crippen molar-refractivity contribution in [2.24, 2.45) is 0 Å². The Morgan fingerprint density at radius 2 is 2.00 bits per heavy atom. The second-order valence-corrected chi connectivity index (χ2v) is 5.73. The number of hydrogen-bond acceptors (Lipinski definition) is 4. The minimum Gasteiger partial charge on any atom is -0.392 e. The van der Waals surface area contributed by atoms with Crippen LogP contribution in [0.1, 0.15) is 12.6 Å². The molecule has 1 atom stereocenters. The topological polar surface area (TPSA) is 39.6 Å². The summed E-state index contributed by atoms with van der Waals surface area (Å²) < 4.78 is 1.05. The molecule has 0 aliphatic carbocycles. The monoisotopic (exact) mass is 313 g/mol. The second kappa shape index (κ2) is 5.99. The van der Waals surface area contributed by atoms with E-state index in [1.165, 1.54) is 0 Å². The SMILES string of the molecule is Cc1nc(N2CCN(C[C@@H](C)O)CC2)ccc1Br. The largest absolute Gasteiger partial charge is 0.392 e. The lowest BCUT2D eigenvalue weighted by Crippen LogP contribution is -2.48. The normalized spacial score (nSPS) is 19.0. The zero-order chi connectivity index (χ0) is 13.1. The van der Waals surface area contributed by atoms with E-state index in [0.717, 1.165) is 48.7 Å². The van der Waals surface area contributed by atoms with Crippen molar-refractivity contribution in [3.63, 3.8) is 0 Å². The minimum atomic E-state index is -0.246. The average Bonchev–Trinajstić information content (AvgIpc) is 2.33. The van der Waals surface area contributed by atoms with Gasteiger partial charge in [-0.1, -0.05) is 0 Å². The van der Waals surface area contributed by atoms with Crippen molar-refractivity contribution in [1.29, 1.82) is 0 Å². The van der Waals surface area contributed by atoms with Crippen LogP contribution in [0.15, 0.2) is 16.6 Å². The van der Waals surface area contributed by atoms with Crippen LogP contribution in [-0.4, -0.2) is 53.8 Å². The third-order valence-corrected chi connectivity index (χ3v) is 4.06. The number of aromatic nitrogens is 1. The van der Waals surface area contributed by atoms with Gasteiger partial charge in [0.15, 0.2) is 0 Å². The maximum Gasteiger partial charge on any atom is 0.128 e. The van der Waals surface area contributed by atoms with E-state index in [4.69, 9.17) is 0 Å². The zero-order valence-electron chi connectivity index (χ0n) is 10.9. The number of anilines is 1. The molecule has 1 aromatic rings. The highest BCUT2D eigenvalue weighted by atomic mass is 79.9. The van der Waals surface area contributed by atoms with Gasteiger partial charge in [0.2, 0.25) is 0 Å². The molecule has 1 aromatic heterocycles. The lowest BCUT2D eigenvalue weighted by Gasteiger charge is -2.36. The highest BCUT2D eigenvalue weighted by molar-refractivity contribution is 9.10. The molecule has 0 saturated carbocycles. The highest BCUT2D eigenvalue weighted by Gasteiger charge is 2.19. The fraction of sp³-hybridized carbons (Fsp3) is 0.615. The summed E-state index contributed by atoms with van der Waals surface area (Å²) in [6, 6.07) is 4.11. The predicted molar refractivity (Wildman–Crippen MR) is 77.0 cm³/mol. The molecule has 100 valence electrons. The van der Waals surface area contributed by atoms with Crippen molar-refractivity contribution in [2.45, 2.75) is 20.0 Å². The van der Waals surface area contributed by atoms with E-state index in [2.05, 4.69) is 42.8 Å². The summed E-state index contributed by atoms with van der Waals surface area (Å²) in [4.78, 5) is 9.20. The Balaban J connectivity index is 1.94. The van der Waals surface area contributed by atoms with Crippen LogP contribution in [0.5, 0.6) is 0 Å². The summed E-state index contributed by atoms with van der Waals surface area (Å²) in [5.41, 5.74) is 1.03. The van der Waals surface area contributed by atoms with Gasteiger partial charge in [-0.25, -0.2) is 4.98 Å². The first-order valence-corrected chi connectivity index (χ1v) is 7.14. The molecule has 18 heavy (non-hydrogen) atoms. The van der Waals surface area contributed by atoms with Crippen LogP contribution in [0.2, 0.25) is 0 Å². The number of rotatable bonds is 3. The Bertz CT molecular complexity index is 403. The number of pyridine rings is 1. The molecule has 1 aliphatic rings. The number of aliphatic hydroxyl groups excluding tert-OH is 1. The van der Waals surface area contributed by atoms with Gasteiger partial charge >= 0.3 is 0 Å². The smallest absolute Gasteiger partial charge is 0.128 e. The van der Waals surface area contributed by atoms with Gasteiger partial charge in [0, 0.05) is 37.2 Å². The van der Waals surface area contributed by atoms with Gasteiger partial charge in [-0.05, 0) is 41.9 Å². The predicted octanol–water partition coefficient (Wildman–Crippen LogP) is 1.66. The van der Waals surface area contributed by atoms with Crippen LogP contribution < -0.4 is 4.90 Å². The van der Waals surface area contributed by atoms with Crippen molar-refractivity contribution in [2.75, 3.05) is 37.6 Å². The molecule has 1 N–H and O–H groups in total. The quantitative estimate of drug-likeness (QED) is 0.921. The fourth-order valence-corrected chi connectivity index (χ4v) is 2.46. The molecule has 4 nitrogen and oxygen atoms in total. The van der Waals surface area contributed by atoms with Gasteiger partial charge in [-0.2, -0.15) is 0 Å². The molecule has 5 heteroatoms. The molecular formula is C13H20BrN3O. The van der Waals surface area contributed by atoms with Crippen molar-refractivity contribution < 1.29 is 5.11 Å². The Morgan fingerprint density at radius 3 is 2.56 bits per heavy atom. The molecule has 0 unspecified atom stereocenters. The molecule has 0 bridgehead atoms. The summed E-state index contributed by atoms with van der Waals surface area (Å²) in [6.45, 7) is 8.54. The average molecular weight is 314 g/mol. The first-order valence-electron chi connectivity index (χ1n) is 6.35. The number of halogens is 1. The van der Waals surface area contributed by atoms with Gasteiger partial charge < -0.3 is 10.0 Å². The highest BCUT2D eigenvalue weighted by Crippen LogP contribution is 2.20. The number of hydrogen-bond donors (Lipinski definition) is 1. The van der Waals surface area contributed by atoms with E-state index in [-0.39, 0.29) is 6.10 Å². The van der Waals surface area contributed by atoms with Gasteiger partial charge in [0.25, 0.3) is 0 Å². The third kappa shape index (κ3) is 3.43. The van der Waals surface area contributed by atoms with Crippen molar-refractivity contribution in [1.82, 2.24) is 9.88 Å². The van der Waals surface area contributed by atoms with E-state index < -0.39 is 0 Å². The van der Waals surface area contributed by atoms with Gasteiger partial charge in [0.1, 0.15) is 5.82 Å². The molecule has 1 aliphatic heterocycles. The van der Waals surface area contributed by atoms with E-state index >= 15 is 0 Å². The summed E-state index contributed by atoms with van der Waals surface area (Å²) in [6.07, 6.45) is -0.246. The summed E-state index contributed by atoms with van der Waals surface area (Å²) in [7, 11) is 0. The Morgan fingerprint density at radius 1 is 1.33 bits per heavy atom. The number of aliphatic hydroxyl groups is 1. The summed E-state index contributed by atoms with van der Waals surface area (Å²) in [5, 5.41) is 9.38. The standard InChI is InChI=1S/C13H20BrN3O/c1-10(18)9-16-5-7-17(8-6-16)13-4-3-12(14)11(2)15-13/h3-4,10,18H,5-9H2,1-2H3/t10-/m1/s1. The van der Waals surface area contributed by atoms with E-state index in [1.54, 1.807) is 0 Å². The minimum absolute atomic E-state index is 0.246. The number of aryl methyl sites for hydroxylation is 1. The number of piperazine rings is 1. The van der Waals surface area contributed by atoms with Crippen LogP contribution in [0.25, 0.3) is 0 Å². The van der Waals surface area contributed by atoms with Crippen LogP contribution in [-0.2, 0) is 0 Å². The molecule has 2 rings (SSSR count). The van der Waals surface area contributed by atoms with Crippen LogP contribution in [0.3, 0.4) is 0 Å². The third-order valence-electron chi connectivity index (χ3n) is 3.23. The molecule has 2 heterocycles. The zero-order valence-corrected chi connectivity index (χ0v) is 12.5. The molecule has 0 amide bonds. The Kier molecular flexibility index (Phi) is 4.59. The van der Waals surface area contributed by atoms with Gasteiger partial charge in [-0.3, -0.25) is 4.90 Å². The maximum atomic E-state index is 9.38. The first-order chi connectivity index (χ1) is 8.56. The van der Waals surface area contributed by atoms with E-state index in [0.29, 0.717) is 0 Å². The van der Waals surface area contributed by atoms with E-state index in [9.17, 15) is 5.11 Å². The molecular weight excluding hydrogens is 294 g/mol. The lowest BCUT2D eigenvalue weighted by molar-refractivity contribution is 0.122. The number of β-amino-alcohol motifs (C(OH)–C–C–N with tert-alkyl or cyclic N) is 1. The van der Waals surface area contributed by atoms with Crippen molar-refractivity contribution in [3.8, 4) is 0 Å². The second-order valence-electron chi connectivity index (χ2n) is 4.87. The lowest BCUT2D eigenvalue weighted by atomic mass is 10.2. The number of nitrogens with zero attached hydrogens (tertiary/aromatic N) is 3. The molecule has 1 fully saturated rings. The molecule has 0 spiro atoms. The van der Waals surface area contributed by atoms with Crippen molar-refractivity contribution in [3.05, 3.63) is 22.3 Å². The fourth-order valence-electron chi connectivity index (χ4n) is 2.24. The van der Waals surface area contributed by atoms with E-state index in [1.807, 2.05) is 13.8 Å². The maximum absolute atomic E-state index is 9.38. The Labute approximate surface area is 117 Å². The van der Waals surface area contributed by atoms with Crippen molar-refractivity contribution >= 4 is 21.7 Å². The van der Waals surface area contributed by atoms with Gasteiger partial charge in [-0.15, -0.1) is 0 Å². The van der Waals surface area contributed by atoms with Crippen LogP contribution in [0, 0.1) is 6.92 Å². The van der Waals surface area contributed by atoms with Gasteiger partial charge in [0.05, 0.1) is 11.8 Å². The molecule has 0 aromatic carbocycles. The summed E-state index contributed by atoms with van der Waals surface area (Å²) in [5.74, 6) is 1.05. The van der Waals surface area contributed by atoms with Crippen LogP contribution in [0.4, 0.5) is 5.82 Å². The molecule has 0 radical (unpaired) electrons. The Hall–Kier alpha value is -0.650.